The molecule has 2 saturated heterocycles. The van der Waals surface area contributed by atoms with E-state index in [0.29, 0.717) is 19.6 Å². The molecule has 3 atom stereocenters. The first kappa shape index (κ1) is 25.4. The maximum atomic E-state index is 14.6. The third-order valence-electron chi connectivity index (χ3n) is 7.04. The molecule has 1 aromatic carbocycles. The van der Waals surface area contributed by atoms with Crippen LogP contribution in [-0.4, -0.2) is 65.0 Å². The van der Waals surface area contributed by atoms with E-state index in [1.807, 2.05) is 4.90 Å². The van der Waals surface area contributed by atoms with E-state index in [1.54, 1.807) is 25.7 Å². The minimum absolute atomic E-state index is 0.0408. The first-order valence-corrected chi connectivity index (χ1v) is 12.4. The molecule has 7 nitrogen and oxygen atoms in total. The highest BCUT2D eigenvalue weighted by atomic mass is 19.1. The van der Waals surface area contributed by atoms with Crippen LogP contribution >= 0.6 is 0 Å². The molecule has 3 fully saturated rings. The molecule has 1 aliphatic carbocycles. The third-order valence-corrected chi connectivity index (χ3v) is 7.04. The molecule has 1 aromatic rings. The molecule has 0 radical (unpaired) electrons. The molecule has 3 aliphatic rings. The lowest BCUT2D eigenvalue weighted by Gasteiger charge is -2.28. The standard InChI is InChI=1S/C26H35F2N3O4/c1-15-9-21(28)18(11-20(15)27)10-19(29-25(34)35-26(2,3)4)12-23(32)31-8-7-17-13-30(14-22(17)31)24(33)16-5-6-16/h9,11,16-17,19,22H,5-8,10,12-14H2,1-4H3,(H,29,34). The molecule has 35 heavy (non-hydrogen) atoms. The van der Waals surface area contributed by atoms with Gasteiger partial charge in [-0.3, -0.25) is 9.59 Å². The predicted octanol–water partition coefficient (Wildman–Crippen LogP) is 3.57. The summed E-state index contributed by atoms with van der Waals surface area (Å²) in [5.74, 6) is -0.718. The first-order chi connectivity index (χ1) is 16.4. The fourth-order valence-electron chi connectivity index (χ4n) is 5.13. The van der Waals surface area contributed by atoms with E-state index < -0.39 is 29.4 Å². The number of likely N-dealkylation sites (tertiary alicyclic amines) is 2. The summed E-state index contributed by atoms with van der Waals surface area (Å²) in [5, 5.41) is 2.69. The van der Waals surface area contributed by atoms with Crippen LogP contribution in [-0.2, 0) is 20.7 Å². The Balaban J connectivity index is 1.45. The minimum Gasteiger partial charge on any atom is -0.444 e. The lowest BCUT2D eigenvalue weighted by atomic mass is 10.00. The number of rotatable bonds is 6. The van der Waals surface area contributed by atoms with E-state index in [0.717, 1.165) is 31.4 Å². The number of carbonyl (C=O) groups excluding carboxylic acids is 3. The molecule has 0 spiro atoms. The van der Waals surface area contributed by atoms with Gasteiger partial charge in [0.15, 0.2) is 0 Å². The Morgan fingerprint density at radius 3 is 2.49 bits per heavy atom. The number of halogens is 2. The number of ether oxygens (including phenoxy) is 1. The number of aryl methyl sites for hydroxylation is 1. The molecule has 1 N–H and O–H groups in total. The molecule has 3 amide bonds. The Bertz CT molecular complexity index is 1010. The van der Waals surface area contributed by atoms with Gasteiger partial charge in [-0.15, -0.1) is 0 Å². The molecule has 9 heteroatoms. The van der Waals surface area contributed by atoms with Crippen LogP contribution in [0, 0.1) is 30.4 Å². The van der Waals surface area contributed by atoms with Crippen LogP contribution < -0.4 is 5.32 Å². The number of hydrogen-bond acceptors (Lipinski definition) is 4. The molecule has 4 rings (SSSR count). The normalized spacial score (nSPS) is 22.7. The molecule has 2 aliphatic heterocycles. The van der Waals surface area contributed by atoms with Gasteiger partial charge in [-0.25, -0.2) is 13.6 Å². The molecular weight excluding hydrogens is 456 g/mol. The third kappa shape index (κ3) is 6.11. The molecular formula is C26H35F2N3O4. The molecule has 1 saturated carbocycles. The van der Waals surface area contributed by atoms with E-state index in [1.165, 1.54) is 6.92 Å². The molecule has 0 aromatic heterocycles. The van der Waals surface area contributed by atoms with Gasteiger partial charge >= 0.3 is 6.09 Å². The Hall–Kier alpha value is -2.71. The monoisotopic (exact) mass is 491 g/mol. The van der Waals surface area contributed by atoms with E-state index in [-0.39, 0.29) is 53.7 Å². The summed E-state index contributed by atoms with van der Waals surface area (Å²) in [6.07, 6.45) is 1.87. The highest BCUT2D eigenvalue weighted by Gasteiger charge is 2.47. The average Bonchev–Trinajstić information content (AvgIpc) is 3.38. The van der Waals surface area contributed by atoms with Gasteiger partial charge in [0.05, 0.1) is 6.04 Å². The quantitative estimate of drug-likeness (QED) is 0.660. The maximum absolute atomic E-state index is 14.6. The minimum atomic E-state index is -0.779. The largest absolute Gasteiger partial charge is 0.444 e. The van der Waals surface area contributed by atoms with Crippen LogP contribution in [0.1, 0.15) is 57.6 Å². The number of alkyl carbamates (subject to hydrolysis) is 1. The second-order valence-corrected chi connectivity index (χ2v) is 11.2. The van der Waals surface area contributed by atoms with Crippen LogP contribution in [0.2, 0.25) is 0 Å². The van der Waals surface area contributed by atoms with Crippen molar-refractivity contribution >= 4 is 17.9 Å². The maximum Gasteiger partial charge on any atom is 0.407 e. The Kier molecular flexibility index (Phi) is 7.06. The van der Waals surface area contributed by atoms with Gasteiger partial charge in [-0.05, 0) is 76.6 Å². The number of benzene rings is 1. The number of carbonyl (C=O) groups is 3. The number of nitrogens with zero attached hydrogens (tertiary/aromatic N) is 2. The van der Waals surface area contributed by atoms with Crippen LogP contribution in [0.15, 0.2) is 12.1 Å². The van der Waals surface area contributed by atoms with Crippen molar-refractivity contribution in [1.29, 1.82) is 0 Å². The molecule has 192 valence electrons. The number of hydrogen-bond donors (Lipinski definition) is 1. The highest BCUT2D eigenvalue weighted by molar-refractivity contribution is 5.82. The van der Waals surface area contributed by atoms with Crippen LogP contribution in [0.4, 0.5) is 13.6 Å². The summed E-state index contributed by atoms with van der Waals surface area (Å²) in [7, 11) is 0. The van der Waals surface area contributed by atoms with Gasteiger partial charge in [0.25, 0.3) is 0 Å². The van der Waals surface area contributed by atoms with Crippen molar-refractivity contribution in [3.8, 4) is 0 Å². The predicted molar refractivity (Wildman–Crippen MR) is 125 cm³/mol. The van der Waals surface area contributed by atoms with Gasteiger partial charge in [-0.1, -0.05) is 0 Å². The van der Waals surface area contributed by atoms with Crippen LogP contribution in [0.25, 0.3) is 0 Å². The van der Waals surface area contributed by atoms with E-state index in [9.17, 15) is 23.2 Å². The summed E-state index contributed by atoms with van der Waals surface area (Å²) < 4.78 is 34.0. The molecule has 3 unspecified atom stereocenters. The van der Waals surface area contributed by atoms with Gasteiger partial charge < -0.3 is 19.9 Å². The van der Waals surface area contributed by atoms with Crippen molar-refractivity contribution in [2.75, 3.05) is 19.6 Å². The average molecular weight is 492 g/mol. The van der Waals surface area contributed by atoms with Gasteiger partial charge in [0.2, 0.25) is 11.8 Å². The lowest BCUT2D eigenvalue weighted by molar-refractivity contribution is -0.135. The number of amides is 3. The molecule has 0 bridgehead atoms. The fraction of sp³-hybridized carbons (Fsp3) is 0.654. The number of fused-ring (bicyclic) bond motifs is 1. The Morgan fingerprint density at radius 2 is 1.83 bits per heavy atom. The zero-order valence-corrected chi connectivity index (χ0v) is 20.9. The summed E-state index contributed by atoms with van der Waals surface area (Å²) in [4.78, 5) is 42.0. The second kappa shape index (κ2) is 9.74. The van der Waals surface area contributed by atoms with Gasteiger partial charge in [0.1, 0.15) is 17.2 Å². The SMILES string of the molecule is Cc1cc(F)c(CC(CC(=O)N2CCC3CN(C(=O)C4CC4)CC32)NC(=O)OC(C)(C)C)cc1F. The van der Waals surface area contributed by atoms with Gasteiger partial charge in [-0.2, -0.15) is 0 Å². The van der Waals surface area contributed by atoms with Crippen LogP contribution in [0.5, 0.6) is 0 Å². The smallest absolute Gasteiger partial charge is 0.407 e. The van der Waals surface area contributed by atoms with E-state index >= 15 is 0 Å². The van der Waals surface area contributed by atoms with E-state index in [4.69, 9.17) is 4.74 Å². The second-order valence-electron chi connectivity index (χ2n) is 11.2. The van der Waals surface area contributed by atoms with E-state index in [2.05, 4.69) is 5.32 Å². The zero-order valence-electron chi connectivity index (χ0n) is 20.9. The number of nitrogens with one attached hydrogen (secondary N) is 1. The fourth-order valence-corrected chi connectivity index (χ4v) is 5.13. The van der Waals surface area contributed by atoms with Crippen molar-refractivity contribution in [3.05, 3.63) is 34.9 Å². The van der Waals surface area contributed by atoms with Gasteiger partial charge in [0, 0.05) is 43.9 Å². The lowest BCUT2D eigenvalue weighted by Crippen LogP contribution is -2.46. The topological polar surface area (TPSA) is 79.0 Å². The van der Waals surface area contributed by atoms with Crippen molar-refractivity contribution in [3.63, 3.8) is 0 Å². The Labute approximate surface area is 205 Å². The summed E-state index contributed by atoms with van der Waals surface area (Å²) in [6, 6.07) is 1.41. The van der Waals surface area contributed by atoms with Crippen molar-refractivity contribution in [2.24, 2.45) is 11.8 Å². The van der Waals surface area contributed by atoms with Crippen molar-refractivity contribution in [2.45, 2.75) is 77.5 Å². The molecule has 2 heterocycles. The summed E-state index contributed by atoms with van der Waals surface area (Å²) in [5.41, 5.74) is -0.472. The zero-order chi connectivity index (χ0) is 25.5. The highest BCUT2D eigenvalue weighted by Crippen LogP contribution is 2.37. The van der Waals surface area contributed by atoms with Crippen LogP contribution in [0.3, 0.4) is 0 Å². The van der Waals surface area contributed by atoms with Crippen molar-refractivity contribution in [1.82, 2.24) is 15.1 Å². The Morgan fingerprint density at radius 1 is 1.11 bits per heavy atom. The van der Waals surface area contributed by atoms with Crippen molar-refractivity contribution < 1.29 is 27.9 Å². The summed E-state index contributed by atoms with van der Waals surface area (Å²) in [6.45, 7) is 8.45. The first-order valence-electron chi connectivity index (χ1n) is 12.4. The summed E-state index contributed by atoms with van der Waals surface area (Å²) >= 11 is 0.